The van der Waals surface area contributed by atoms with Gasteiger partial charge in [0, 0.05) is 39.9 Å². The minimum absolute atomic E-state index is 0.147. The van der Waals surface area contributed by atoms with E-state index in [1.807, 2.05) is 12.1 Å². The summed E-state index contributed by atoms with van der Waals surface area (Å²) in [5, 5.41) is 0. The number of ether oxygens (including phenoxy) is 2. The van der Waals surface area contributed by atoms with Crippen LogP contribution in [0.2, 0.25) is 0 Å². The van der Waals surface area contributed by atoms with Crippen LogP contribution in [0, 0.1) is 11.7 Å². The summed E-state index contributed by atoms with van der Waals surface area (Å²) in [5.74, 6) is 0.565. The molecule has 26 heavy (non-hydrogen) atoms. The summed E-state index contributed by atoms with van der Waals surface area (Å²) in [4.78, 5) is 4.98. The minimum Gasteiger partial charge on any atom is -0.383 e. The predicted molar refractivity (Wildman–Crippen MR) is 102 cm³/mol. The molecule has 2 saturated heterocycles. The second-order valence-electron chi connectivity index (χ2n) is 7.74. The van der Waals surface area contributed by atoms with Gasteiger partial charge in [-0.25, -0.2) is 4.39 Å². The number of methoxy groups -OCH3 is 1. The van der Waals surface area contributed by atoms with Crippen LogP contribution in [-0.2, 0) is 16.0 Å². The van der Waals surface area contributed by atoms with Crippen molar-refractivity contribution in [2.45, 2.75) is 38.3 Å². The van der Waals surface area contributed by atoms with Gasteiger partial charge in [-0.3, -0.25) is 4.90 Å². The fraction of sp³-hybridized carbons (Fsp3) is 0.714. The van der Waals surface area contributed by atoms with E-state index in [0.29, 0.717) is 12.0 Å². The van der Waals surface area contributed by atoms with E-state index in [-0.39, 0.29) is 5.82 Å². The second-order valence-corrected chi connectivity index (χ2v) is 7.74. The molecule has 2 heterocycles. The van der Waals surface area contributed by atoms with Gasteiger partial charge in [0.25, 0.3) is 0 Å². The van der Waals surface area contributed by atoms with Crippen molar-refractivity contribution in [1.82, 2.24) is 9.80 Å². The molecule has 2 aliphatic rings. The van der Waals surface area contributed by atoms with Crippen molar-refractivity contribution < 1.29 is 13.9 Å². The normalized spacial score (nSPS) is 22.3. The SMILES string of the molecule is COCCN1CCC(CN(Cc2cccc(F)c2)CC2CCCO2)CC1. The van der Waals surface area contributed by atoms with Crippen LogP contribution in [0.25, 0.3) is 0 Å². The van der Waals surface area contributed by atoms with Gasteiger partial charge in [0.1, 0.15) is 5.82 Å². The van der Waals surface area contributed by atoms with Gasteiger partial charge < -0.3 is 14.4 Å². The van der Waals surface area contributed by atoms with Gasteiger partial charge >= 0.3 is 0 Å². The first-order valence-corrected chi connectivity index (χ1v) is 10.0. The molecule has 1 unspecified atom stereocenters. The molecule has 0 amide bonds. The summed E-state index contributed by atoms with van der Waals surface area (Å²) in [6, 6.07) is 7.02. The Morgan fingerprint density at radius 1 is 1.23 bits per heavy atom. The maximum atomic E-state index is 13.6. The molecule has 1 atom stereocenters. The quantitative estimate of drug-likeness (QED) is 0.672. The number of hydrogen-bond donors (Lipinski definition) is 0. The third kappa shape index (κ3) is 6.31. The molecule has 0 aliphatic carbocycles. The predicted octanol–water partition coefficient (Wildman–Crippen LogP) is 3.17. The van der Waals surface area contributed by atoms with E-state index in [2.05, 4.69) is 9.80 Å². The molecule has 2 fully saturated rings. The number of benzene rings is 1. The molecule has 0 spiro atoms. The molecule has 1 aromatic rings. The molecule has 2 aliphatic heterocycles. The van der Waals surface area contributed by atoms with Crippen LogP contribution >= 0.6 is 0 Å². The largest absolute Gasteiger partial charge is 0.383 e. The van der Waals surface area contributed by atoms with Gasteiger partial charge in [-0.1, -0.05) is 12.1 Å². The van der Waals surface area contributed by atoms with Crippen LogP contribution in [-0.4, -0.2) is 69.0 Å². The standard InChI is InChI=1S/C21H33FN2O2/c1-25-13-11-23-9-7-18(8-10-23)15-24(17-21-6-3-12-26-21)16-19-4-2-5-20(22)14-19/h2,4-5,14,18,21H,3,6-13,15-17H2,1H3. The van der Waals surface area contributed by atoms with Crippen LogP contribution < -0.4 is 0 Å². The first-order valence-electron chi connectivity index (χ1n) is 10.0. The molecule has 3 rings (SSSR count). The molecular formula is C21H33FN2O2. The van der Waals surface area contributed by atoms with Gasteiger partial charge in [-0.15, -0.1) is 0 Å². The zero-order valence-corrected chi connectivity index (χ0v) is 16.0. The Hall–Kier alpha value is -1.01. The van der Waals surface area contributed by atoms with Crippen LogP contribution in [0.3, 0.4) is 0 Å². The fourth-order valence-electron chi connectivity index (χ4n) is 4.15. The minimum atomic E-state index is -0.147. The second kappa shape index (κ2) is 10.4. The molecule has 1 aromatic carbocycles. The lowest BCUT2D eigenvalue weighted by Gasteiger charge is -2.35. The summed E-state index contributed by atoms with van der Waals surface area (Å²) in [6.07, 6.45) is 5.11. The zero-order valence-electron chi connectivity index (χ0n) is 16.0. The lowest BCUT2D eigenvalue weighted by Crippen LogP contribution is -2.41. The van der Waals surface area contributed by atoms with E-state index in [9.17, 15) is 4.39 Å². The summed E-state index contributed by atoms with van der Waals surface area (Å²) in [6.45, 7) is 7.89. The summed E-state index contributed by atoms with van der Waals surface area (Å²) < 4.78 is 24.6. The number of likely N-dealkylation sites (tertiary alicyclic amines) is 1. The third-order valence-corrected chi connectivity index (χ3v) is 5.62. The summed E-state index contributed by atoms with van der Waals surface area (Å²) in [5.41, 5.74) is 1.06. The topological polar surface area (TPSA) is 24.9 Å². The number of piperidine rings is 1. The number of hydrogen-bond acceptors (Lipinski definition) is 4. The molecular weight excluding hydrogens is 331 g/mol. The maximum Gasteiger partial charge on any atom is 0.123 e. The van der Waals surface area contributed by atoms with Crippen molar-refractivity contribution in [3.05, 3.63) is 35.6 Å². The monoisotopic (exact) mass is 364 g/mol. The molecule has 146 valence electrons. The average molecular weight is 365 g/mol. The van der Waals surface area contributed by atoms with Crippen molar-refractivity contribution in [2.24, 2.45) is 5.92 Å². The highest BCUT2D eigenvalue weighted by molar-refractivity contribution is 5.16. The Labute approximate surface area is 157 Å². The Balaban J connectivity index is 1.53. The molecule has 0 radical (unpaired) electrons. The summed E-state index contributed by atoms with van der Waals surface area (Å²) >= 11 is 0. The molecule has 0 bridgehead atoms. The molecule has 0 saturated carbocycles. The van der Waals surface area contributed by atoms with Crippen molar-refractivity contribution in [3.8, 4) is 0 Å². The smallest absolute Gasteiger partial charge is 0.123 e. The van der Waals surface area contributed by atoms with Crippen LogP contribution in [0.1, 0.15) is 31.2 Å². The van der Waals surface area contributed by atoms with Crippen molar-refractivity contribution in [3.63, 3.8) is 0 Å². The number of halogens is 1. The first-order chi connectivity index (χ1) is 12.7. The molecule has 5 heteroatoms. The first kappa shape index (κ1) is 19.7. The summed E-state index contributed by atoms with van der Waals surface area (Å²) in [7, 11) is 1.77. The molecule has 4 nitrogen and oxygen atoms in total. The van der Waals surface area contributed by atoms with E-state index in [1.54, 1.807) is 13.2 Å². The Morgan fingerprint density at radius 3 is 2.77 bits per heavy atom. The number of nitrogens with zero attached hydrogens (tertiary/aromatic N) is 2. The Morgan fingerprint density at radius 2 is 2.08 bits per heavy atom. The van der Waals surface area contributed by atoms with Gasteiger partial charge in [-0.05, 0) is 62.4 Å². The highest BCUT2D eigenvalue weighted by Gasteiger charge is 2.24. The third-order valence-electron chi connectivity index (χ3n) is 5.62. The average Bonchev–Trinajstić information content (AvgIpc) is 3.14. The Kier molecular flexibility index (Phi) is 7.86. The van der Waals surface area contributed by atoms with E-state index in [4.69, 9.17) is 9.47 Å². The molecule has 0 aromatic heterocycles. The lowest BCUT2D eigenvalue weighted by atomic mass is 9.95. The van der Waals surface area contributed by atoms with Crippen molar-refractivity contribution in [2.75, 3.05) is 53.0 Å². The van der Waals surface area contributed by atoms with Crippen molar-refractivity contribution in [1.29, 1.82) is 0 Å². The Bertz CT molecular complexity index is 528. The van der Waals surface area contributed by atoms with Crippen LogP contribution in [0.5, 0.6) is 0 Å². The number of rotatable bonds is 9. The highest BCUT2D eigenvalue weighted by atomic mass is 19.1. The van der Waals surface area contributed by atoms with Gasteiger partial charge in [0.05, 0.1) is 12.7 Å². The fourth-order valence-corrected chi connectivity index (χ4v) is 4.15. The maximum absolute atomic E-state index is 13.6. The van der Waals surface area contributed by atoms with E-state index < -0.39 is 0 Å². The van der Waals surface area contributed by atoms with Crippen molar-refractivity contribution >= 4 is 0 Å². The van der Waals surface area contributed by atoms with E-state index >= 15 is 0 Å². The van der Waals surface area contributed by atoms with Gasteiger partial charge in [-0.2, -0.15) is 0 Å². The lowest BCUT2D eigenvalue weighted by molar-refractivity contribution is 0.0551. The molecule has 0 N–H and O–H groups in total. The van der Waals surface area contributed by atoms with E-state index in [1.165, 1.54) is 18.9 Å². The van der Waals surface area contributed by atoms with Gasteiger partial charge in [0.15, 0.2) is 0 Å². The van der Waals surface area contributed by atoms with Crippen LogP contribution in [0.4, 0.5) is 4.39 Å². The zero-order chi connectivity index (χ0) is 18.2. The van der Waals surface area contributed by atoms with E-state index in [0.717, 1.165) is 70.9 Å². The van der Waals surface area contributed by atoms with Crippen LogP contribution in [0.15, 0.2) is 24.3 Å². The van der Waals surface area contributed by atoms with Gasteiger partial charge in [0.2, 0.25) is 0 Å². The highest BCUT2D eigenvalue weighted by Crippen LogP contribution is 2.22.